The second kappa shape index (κ2) is 12.7. The molecule has 2 aliphatic rings. The van der Waals surface area contributed by atoms with Gasteiger partial charge in [-0.1, -0.05) is 35.9 Å². The number of fused-ring (bicyclic) bond motifs is 1. The van der Waals surface area contributed by atoms with Crippen molar-refractivity contribution >= 4 is 17.2 Å². The molecule has 202 valence electrons. The molecule has 0 spiro atoms. The number of rotatable bonds is 10. The second-order valence-electron chi connectivity index (χ2n) is 10.3. The average Bonchev–Trinajstić information content (AvgIpc) is 3.39. The number of nitriles is 1. The summed E-state index contributed by atoms with van der Waals surface area (Å²) in [6, 6.07) is 14.1. The van der Waals surface area contributed by atoms with Gasteiger partial charge >= 0.3 is 0 Å². The molecule has 0 saturated carbocycles. The molecule has 39 heavy (non-hydrogen) atoms. The Morgan fingerprint density at radius 1 is 1.18 bits per heavy atom. The van der Waals surface area contributed by atoms with E-state index in [0.29, 0.717) is 28.6 Å². The van der Waals surface area contributed by atoms with Crippen LogP contribution in [0.4, 0.5) is 0 Å². The van der Waals surface area contributed by atoms with Crippen molar-refractivity contribution in [2.45, 2.75) is 70.7 Å². The van der Waals surface area contributed by atoms with Crippen LogP contribution in [-0.2, 0) is 19.6 Å². The molecule has 7 heteroatoms. The van der Waals surface area contributed by atoms with Crippen LogP contribution in [0, 0.1) is 11.3 Å². The van der Waals surface area contributed by atoms with Gasteiger partial charge in [0.25, 0.3) is 0 Å². The van der Waals surface area contributed by atoms with E-state index >= 15 is 0 Å². The number of ether oxygens (including phenoxy) is 2. The van der Waals surface area contributed by atoms with Gasteiger partial charge in [0, 0.05) is 42.2 Å². The highest BCUT2D eigenvalue weighted by Crippen LogP contribution is 2.43. The maximum atomic E-state index is 9.45. The third kappa shape index (κ3) is 6.45. The van der Waals surface area contributed by atoms with Gasteiger partial charge in [0.05, 0.1) is 17.2 Å². The van der Waals surface area contributed by atoms with Crippen LogP contribution in [-0.4, -0.2) is 22.7 Å². The lowest BCUT2D eigenvalue weighted by molar-refractivity contribution is 0.205. The Morgan fingerprint density at radius 3 is 2.87 bits per heavy atom. The van der Waals surface area contributed by atoms with Gasteiger partial charge in [-0.15, -0.1) is 0 Å². The van der Waals surface area contributed by atoms with Crippen LogP contribution in [0.15, 0.2) is 54.9 Å². The lowest BCUT2D eigenvalue weighted by atomic mass is 9.89. The monoisotopic (exact) mass is 543 g/mol. The minimum absolute atomic E-state index is 0.0255. The first kappa shape index (κ1) is 27.2. The maximum absolute atomic E-state index is 9.45. The highest BCUT2D eigenvalue weighted by molar-refractivity contribution is 6.32. The Balaban J connectivity index is 1.40. The highest BCUT2D eigenvalue weighted by atomic mass is 35.5. The first-order chi connectivity index (χ1) is 19.1. The Labute approximate surface area is 235 Å². The second-order valence-corrected chi connectivity index (χ2v) is 10.7. The fraction of sp³-hybridized carbons (Fsp3) is 0.375. The summed E-state index contributed by atoms with van der Waals surface area (Å²) in [5, 5.41) is 22.5. The third-order valence-electron chi connectivity index (χ3n) is 7.47. The summed E-state index contributed by atoms with van der Waals surface area (Å²) in [4.78, 5) is 4.13. The number of aliphatic hydroxyl groups excluding tert-OH is 1. The van der Waals surface area contributed by atoms with Gasteiger partial charge in [-0.3, -0.25) is 4.98 Å². The van der Waals surface area contributed by atoms with Crippen molar-refractivity contribution in [3.05, 3.63) is 93.3 Å². The van der Waals surface area contributed by atoms with E-state index < -0.39 is 0 Å². The molecule has 0 unspecified atom stereocenters. The van der Waals surface area contributed by atoms with E-state index in [1.165, 1.54) is 41.3 Å². The van der Waals surface area contributed by atoms with Crippen LogP contribution >= 0.6 is 11.6 Å². The van der Waals surface area contributed by atoms with Gasteiger partial charge in [0.15, 0.2) is 0 Å². The standard InChI is InChI=1S/C32H34ClN3O3/c1-21(19-37)36-18-25-13-29(33)32(14-31(25)38-20-23-12-22(15-34)16-35-17-23)39-30-11-10-27-26(8-5-9-28(27)30)24-6-3-2-4-7-24/h5-6,8-9,12-14,16-17,21,30,36-37H,2-4,7,10-11,18-20H2,1H3/t21-,30+/m1/s1. The van der Waals surface area contributed by atoms with Gasteiger partial charge in [0.2, 0.25) is 0 Å². The average molecular weight is 544 g/mol. The molecule has 0 fully saturated rings. The van der Waals surface area contributed by atoms with E-state index in [2.05, 4.69) is 40.6 Å². The van der Waals surface area contributed by atoms with Crippen LogP contribution in [0.1, 0.15) is 78.5 Å². The van der Waals surface area contributed by atoms with E-state index in [1.807, 2.05) is 19.1 Å². The van der Waals surface area contributed by atoms with Crippen molar-refractivity contribution in [1.82, 2.24) is 10.3 Å². The smallest absolute Gasteiger partial charge is 0.142 e. The first-order valence-corrected chi connectivity index (χ1v) is 14.0. The summed E-state index contributed by atoms with van der Waals surface area (Å²) in [6.45, 7) is 2.65. The summed E-state index contributed by atoms with van der Waals surface area (Å²) >= 11 is 6.75. The number of benzene rings is 2. The molecule has 6 nitrogen and oxygen atoms in total. The van der Waals surface area contributed by atoms with E-state index in [9.17, 15) is 10.4 Å². The van der Waals surface area contributed by atoms with Crippen molar-refractivity contribution in [1.29, 1.82) is 5.26 Å². The van der Waals surface area contributed by atoms with Crippen LogP contribution in [0.3, 0.4) is 0 Å². The first-order valence-electron chi connectivity index (χ1n) is 13.7. The molecule has 5 rings (SSSR count). The minimum Gasteiger partial charge on any atom is -0.488 e. The number of hydrogen-bond donors (Lipinski definition) is 2. The molecule has 1 heterocycles. The zero-order chi connectivity index (χ0) is 27.2. The topological polar surface area (TPSA) is 87.4 Å². The number of hydrogen-bond acceptors (Lipinski definition) is 6. The van der Waals surface area contributed by atoms with Gasteiger partial charge in [0.1, 0.15) is 30.3 Å². The maximum Gasteiger partial charge on any atom is 0.142 e. The lowest BCUT2D eigenvalue weighted by Gasteiger charge is -2.21. The molecule has 2 aromatic carbocycles. The van der Waals surface area contributed by atoms with E-state index in [0.717, 1.165) is 36.8 Å². The van der Waals surface area contributed by atoms with E-state index in [1.54, 1.807) is 12.3 Å². The summed E-state index contributed by atoms with van der Waals surface area (Å²) < 4.78 is 12.8. The summed E-state index contributed by atoms with van der Waals surface area (Å²) in [7, 11) is 0. The van der Waals surface area contributed by atoms with Crippen molar-refractivity contribution < 1.29 is 14.6 Å². The number of nitrogens with one attached hydrogen (secondary N) is 1. The third-order valence-corrected chi connectivity index (χ3v) is 7.77. The zero-order valence-electron chi connectivity index (χ0n) is 22.3. The Morgan fingerprint density at radius 2 is 2.08 bits per heavy atom. The molecular formula is C32H34ClN3O3. The molecule has 0 bridgehead atoms. The molecule has 2 atom stereocenters. The number of aliphatic hydroxyl groups is 1. The quantitative estimate of drug-likeness (QED) is 0.296. The predicted octanol–water partition coefficient (Wildman–Crippen LogP) is 6.68. The summed E-state index contributed by atoms with van der Waals surface area (Å²) in [5.74, 6) is 1.21. The molecule has 0 amide bonds. The SMILES string of the molecule is C[C@H](CO)NCc1cc(Cl)c(O[C@H]2CCc3c(C4=CCCCC4)cccc32)cc1OCc1cncc(C#N)c1. The van der Waals surface area contributed by atoms with Gasteiger partial charge in [-0.05, 0) is 79.8 Å². The van der Waals surface area contributed by atoms with Crippen molar-refractivity contribution in [3.8, 4) is 17.6 Å². The molecule has 0 radical (unpaired) electrons. The van der Waals surface area contributed by atoms with Crippen molar-refractivity contribution in [2.24, 2.45) is 0 Å². The summed E-state index contributed by atoms with van der Waals surface area (Å²) in [6.07, 6.45) is 12.3. The van der Waals surface area contributed by atoms with Crippen molar-refractivity contribution in [2.75, 3.05) is 6.61 Å². The van der Waals surface area contributed by atoms with E-state index in [-0.39, 0.29) is 25.4 Å². The number of aromatic nitrogens is 1. The largest absolute Gasteiger partial charge is 0.488 e. The Bertz CT molecular complexity index is 1400. The molecule has 2 aliphatic carbocycles. The fourth-order valence-corrected chi connectivity index (χ4v) is 5.58. The summed E-state index contributed by atoms with van der Waals surface area (Å²) in [5.41, 5.74) is 7.61. The Kier molecular flexibility index (Phi) is 8.83. The fourth-order valence-electron chi connectivity index (χ4n) is 5.35. The molecule has 0 saturated heterocycles. The molecule has 3 aromatic rings. The molecule has 1 aromatic heterocycles. The normalized spacial score (nSPS) is 17.2. The number of nitrogens with zero attached hydrogens (tertiary/aromatic N) is 2. The minimum atomic E-state index is -0.0793. The van der Waals surface area contributed by atoms with Crippen LogP contribution in [0.25, 0.3) is 5.57 Å². The van der Waals surface area contributed by atoms with Gasteiger partial charge in [-0.25, -0.2) is 0 Å². The van der Waals surface area contributed by atoms with Crippen molar-refractivity contribution in [3.63, 3.8) is 0 Å². The molecular weight excluding hydrogens is 510 g/mol. The Hall–Kier alpha value is -3.37. The number of allylic oxidation sites excluding steroid dienone is 2. The zero-order valence-corrected chi connectivity index (χ0v) is 23.0. The highest BCUT2D eigenvalue weighted by Gasteiger charge is 2.28. The van der Waals surface area contributed by atoms with E-state index in [4.69, 9.17) is 21.1 Å². The van der Waals surface area contributed by atoms with Gasteiger partial charge < -0.3 is 19.9 Å². The predicted molar refractivity (Wildman–Crippen MR) is 153 cm³/mol. The van der Waals surface area contributed by atoms with Crippen LogP contribution in [0.2, 0.25) is 5.02 Å². The van der Waals surface area contributed by atoms with Gasteiger partial charge in [-0.2, -0.15) is 5.26 Å². The number of halogens is 1. The molecule has 2 N–H and O–H groups in total. The van der Waals surface area contributed by atoms with Crippen LogP contribution < -0.4 is 14.8 Å². The van der Waals surface area contributed by atoms with Crippen LogP contribution in [0.5, 0.6) is 11.5 Å². The lowest BCUT2D eigenvalue weighted by Crippen LogP contribution is -2.28. The molecule has 0 aliphatic heterocycles. The number of pyridine rings is 1.